The second-order valence-corrected chi connectivity index (χ2v) is 8.03. The number of hydrogen-bond donors (Lipinski definition) is 0. The van der Waals surface area contributed by atoms with Crippen molar-refractivity contribution >= 4 is 11.8 Å². The molecular weight excluding hydrogens is 400 g/mol. The van der Waals surface area contributed by atoms with Gasteiger partial charge in [0.05, 0.1) is 39.6 Å². The number of fused-ring (bicyclic) bond motifs is 1. The molecule has 1 aliphatic heterocycles. The zero-order valence-electron chi connectivity index (χ0n) is 17.6. The monoisotopic (exact) mass is 432 g/mol. The fraction of sp³-hybridized carbons (Fsp3) is 0.500. The average Bonchev–Trinajstić information content (AvgIpc) is 2.78. The molecule has 0 bridgehead atoms. The third kappa shape index (κ3) is 8.96. The van der Waals surface area contributed by atoms with E-state index < -0.39 is 0 Å². The Morgan fingerprint density at radius 3 is 2.07 bits per heavy atom. The summed E-state index contributed by atoms with van der Waals surface area (Å²) in [6.07, 6.45) is 3.10. The molecule has 0 saturated carbocycles. The third-order valence-corrected chi connectivity index (χ3v) is 5.65. The highest BCUT2D eigenvalue weighted by molar-refractivity contribution is 7.98. The van der Waals surface area contributed by atoms with Gasteiger partial charge in [0.2, 0.25) is 0 Å². The van der Waals surface area contributed by atoms with Crippen LogP contribution in [-0.2, 0) is 20.0 Å². The molecule has 0 spiro atoms. The lowest BCUT2D eigenvalue weighted by Gasteiger charge is -2.15. The van der Waals surface area contributed by atoms with Crippen molar-refractivity contribution < 1.29 is 23.7 Å². The molecule has 0 aromatic heterocycles. The Labute approximate surface area is 184 Å². The molecule has 6 heteroatoms. The molecule has 1 heterocycles. The minimum absolute atomic E-state index is 0.478. The summed E-state index contributed by atoms with van der Waals surface area (Å²) in [5.74, 6) is 2.49. The first-order valence-corrected chi connectivity index (χ1v) is 11.7. The smallest absolute Gasteiger partial charge is 0.162 e. The van der Waals surface area contributed by atoms with Crippen LogP contribution in [0.15, 0.2) is 53.4 Å². The van der Waals surface area contributed by atoms with Crippen LogP contribution in [0.1, 0.15) is 24.8 Å². The van der Waals surface area contributed by atoms with Gasteiger partial charge in [-0.25, -0.2) is 0 Å². The van der Waals surface area contributed by atoms with Gasteiger partial charge in [-0.3, -0.25) is 0 Å². The lowest BCUT2D eigenvalue weighted by Crippen LogP contribution is -2.13. The maximum atomic E-state index is 6.01. The summed E-state index contributed by atoms with van der Waals surface area (Å²) in [4.78, 5) is 1.16. The normalized spacial score (nSPS) is 17.6. The summed E-state index contributed by atoms with van der Waals surface area (Å²) in [6, 6.07) is 16.7. The molecule has 1 aliphatic rings. The van der Waals surface area contributed by atoms with E-state index in [1.165, 1.54) is 5.56 Å². The van der Waals surface area contributed by atoms with Crippen LogP contribution in [0, 0.1) is 0 Å². The maximum Gasteiger partial charge on any atom is 0.162 e. The molecule has 0 N–H and O–H groups in total. The molecule has 0 unspecified atom stereocenters. The Balaban J connectivity index is 1.56. The minimum Gasteiger partial charge on any atom is -0.490 e. The van der Waals surface area contributed by atoms with E-state index in [-0.39, 0.29) is 0 Å². The van der Waals surface area contributed by atoms with Crippen molar-refractivity contribution in [2.45, 2.75) is 29.9 Å². The Kier molecular flexibility index (Phi) is 10.9. The first kappa shape index (κ1) is 22.9. The quantitative estimate of drug-likeness (QED) is 0.638. The minimum atomic E-state index is 0.478. The summed E-state index contributed by atoms with van der Waals surface area (Å²) in [7, 11) is 0. The number of thioether (sulfide) groups is 1. The van der Waals surface area contributed by atoms with E-state index in [0.717, 1.165) is 48.0 Å². The summed E-state index contributed by atoms with van der Waals surface area (Å²) < 4.78 is 28.7. The third-order valence-electron chi connectivity index (χ3n) is 4.58. The van der Waals surface area contributed by atoms with Crippen molar-refractivity contribution in [2.75, 3.05) is 52.9 Å². The second-order valence-electron chi connectivity index (χ2n) is 6.98. The summed E-state index contributed by atoms with van der Waals surface area (Å²) in [5, 5.41) is 0. The molecule has 30 heavy (non-hydrogen) atoms. The van der Waals surface area contributed by atoms with Crippen LogP contribution in [0.2, 0.25) is 0 Å². The fourth-order valence-electron chi connectivity index (χ4n) is 2.97. The predicted molar refractivity (Wildman–Crippen MR) is 120 cm³/mol. The number of rotatable bonds is 3. The Bertz CT molecular complexity index is 710. The maximum absolute atomic E-state index is 6.01. The zero-order valence-corrected chi connectivity index (χ0v) is 18.4. The van der Waals surface area contributed by atoms with Gasteiger partial charge in [0.15, 0.2) is 11.5 Å². The molecule has 164 valence electrons. The van der Waals surface area contributed by atoms with Crippen molar-refractivity contribution in [1.82, 2.24) is 0 Å². The van der Waals surface area contributed by atoms with Gasteiger partial charge >= 0.3 is 0 Å². The van der Waals surface area contributed by atoms with Crippen molar-refractivity contribution in [3.8, 4) is 11.5 Å². The lowest BCUT2D eigenvalue weighted by atomic mass is 10.2. The number of benzene rings is 2. The summed E-state index contributed by atoms with van der Waals surface area (Å²) in [6.45, 7) is 4.81. The highest BCUT2D eigenvalue weighted by atomic mass is 32.2. The Morgan fingerprint density at radius 2 is 1.27 bits per heavy atom. The standard InChI is InChI=1S/C24H32O5S/c1-3-7-21(8-4-1)20-30-22-9-10-23-24(19-22)29-18-17-27-16-15-26-14-13-25-11-5-2-6-12-28-23/h1,3-4,7-10,19H,2,5-6,11-18,20H2. The van der Waals surface area contributed by atoms with E-state index in [2.05, 4.69) is 36.4 Å². The van der Waals surface area contributed by atoms with Crippen LogP contribution in [0.4, 0.5) is 0 Å². The van der Waals surface area contributed by atoms with Gasteiger partial charge in [-0.05, 0) is 43.0 Å². The first-order chi connectivity index (χ1) is 14.9. The van der Waals surface area contributed by atoms with Gasteiger partial charge in [0.25, 0.3) is 0 Å². The average molecular weight is 433 g/mol. The van der Waals surface area contributed by atoms with Gasteiger partial charge in [-0.1, -0.05) is 30.3 Å². The summed E-state index contributed by atoms with van der Waals surface area (Å²) in [5.41, 5.74) is 1.30. The van der Waals surface area contributed by atoms with Crippen molar-refractivity contribution in [3.63, 3.8) is 0 Å². The van der Waals surface area contributed by atoms with Gasteiger partial charge in [0.1, 0.15) is 6.61 Å². The van der Waals surface area contributed by atoms with E-state index in [1.54, 1.807) is 11.8 Å². The van der Waals surface area contributed by atoms with Crippen LogP contribution in [-0.4, -0.2) is 52.9 Å². The van der Waals surface area contributed by atoms with E-state index >= 15 is 0 Å². The van der Waals surface area contributed by atoms with Crippen LogP contribution < -0.4 is 9.47 Å². The van der Waals surface area contributed by atoms with E-state index in [1.807, 2.05) is 12.1 Å². The molecular formula is C24H32O5S. The topological polar surface area (TPSA) is 46.2 Å². The number of ether oxygens (including phenoxy) is 5. The van der Waals surface area contributed by atoms with Gasteiger partial charge in [-0.15, -0.1) is 11.8 Å². The molecule has 0 atom stereocenters. The molecule has 0 saturated heterocycles. The highest BCUT2D eigenvalue weighted by Gasteiger charge is 2.08. The SMILES string of the molecule is c1ccc(CSc2ccc3c(c2)OCCOCCOCCOCCCCCO3)cc1. The van der Waals surface area contributed by atoms with E-state index in [9.17, 15) is 0 Å². The molecule has 0 radical (unpaired) electrons. The molecule has 0 aliphatic carbocycles. The molecule has 2 aromatic rings. The zero-order chi connectivity index (χ0) is 20.7. The molecule has 0 fully saturated rings. The molecule has 0 amide bonds. The van der Waals surface area contributed by atoms with Gasteiger partial charge in [0, 0.05) is 17.3 Å². The van der Waals surface area contributed by atoms with Crippen molar-refractivity contribution in [1.29, 1.82) is 0 Å². The van der Waals surface area contributed by atoms with Crippen molar-refractivity contribution in [3.05, 3.63) is 54.1 Å². The van der Waals surface area contributed by atoms with Crippen LogP contribution >= 0.6 is 11.8 Å². The predicted octanol–water partition coefficient (Wildman–Crippen LogP) is 4.97. The second kappa shape index (κ2) is 14.3. The lowest BCUT2D eigenvalue weighted by molar-refractivity contribution is 0.00826. The molecule has 5 nitrogen and oxygen atoms in total. The Morgan fingerprint density at radius 1 is 0.600 bits per heavy atom. The van der Waals surface area contributed by atoms with E-state index in [4.69, 9.17) is 23.7 Å². The van der Waals surface area contributed by atoms with Crippen molar-refractivity contribution in [2.24, 2.45) is 0 Å². The Hall–Kier alpha value is -1.73. The largest absolute Gasteiger partial charge is 0.490 e. The van der Waals surface area contributed by atoms with Gasteiger partial charge in [-0.2, -0.15) is 0 Å². The highest BCUT2D eigenvalue weighted by Crippen LogP contribution is 2.34. The van der Waals surface area contributed by atoms with Crippen LogP contribution in [0.3, 0.4) is 0 Å². The van der Waals surface area contributed by atoms with Crippen LogP contribution in [0.5, 0.6) is 11.5 Å². The summed E-state index contributed by atoms with van der Waals surface area (Å²) >= 11 is 1.79. The van der Waals surface area contributed by atoms with Gasteiger partial charge < -0.3 is 23.7 Å². The number of hydrogen-bond acceptors (Lipinski definition) is 6. The van der Waals surface area contributed by atoms with Crippen LogP contribution in [0.25, 0.3) is 0 Å². The first-order valence-electron chi connectivity index (χ1n) is 10.7. The molecule has 3 rings (SSSR count). The fourth-order valence-corrected chi connectivity index (χ4v) is 3.85. The molecule has 2 aromatic carbocycles. The van der Waals surface area contributed by atoms with E-state index in [0.29, 0.717) is 46.2 Å².